The van der Waals surface area contributed by atoms with E-state index in [2.05, 4.69) is 54.5 Å². The minimum atomic E-state index is 0.878. The summed E-state index contributed by atoms with van der Waals surface area (Å²) in [5.74, 6) is 0.878. The number of para-hydroxylation sites is 1. The molecule has 0 bridgehead atoms. The molecule has 0 aliphatic heterocycles. The van der Waals surface area contributed by atoms with Crippen molar-refractivity contribution < 1.29 is 0 Å². The summed E-state index contributed by atoms with van der Waals surface area (Å²) in [5.41, 5.74) is 5.98. The van der Waals surface area contributed by atoms with Crippen LogP contribution >= 0.6 is 0 Å². The lowest BCUT2D eigenvalue weighted by molar-refractivity contribution is 1.12. The Labute approximate surface area is 112 Å². The topological polar surface area (TPSA) is 40.7 Å². The summed E-state index contributed by atoms with van der Waals surface area (Å²) in [6.45, 7) is 6.38. The second-order valence-corrected chi connectivity index (χ2v) is 5.00. The van der Waals surface area contributed by atoms with Gasteiger partial charge in [0.2, 0.25) is 0 Å². The molecule has 0 aliphatic carbocycles. The Kier molecular flexibility index (Phi) is 2.75. The van der Waals surface area contributed by atoms with E-state index < -0.39 is 0 Å². The van der Waals surface area contributed by atoms with Crippen LogP contribution in [-0.4, -0.2) is 10.2 Å². The van der Waals surface area contributed by atoms with Gasteiger partial charge >= 0.3 is 0 Å². The lowest BCUT2D eigenvalue weighted by Gasteiger charge is -2.11. The van der Waals surface area contributed by atoms with Crippen molar-refractivity contribution in [3.05, 3.63) is 53.1 Å². The molecule has 0 fully saturated rings. The molecule has 0 saturated carbocycles. The van der Waals surface area contributed by atoms with E-state index in [1.807, 2.05) is 18.2 Å². The number of fused-ring (bicyclic) bond motifs is 1. The normalized spacial score (nSPS) is 10.9. The molecular formula is C16H17N3. The Morgan fingerprint density at radius 2 is 1.84 bits per heavy atom. The van der Waals surface area contributed by atoms with Crippen LogP contribution in [0.1, 0.15) is 16.7 Å². The number of hydrogen-bond acceptors (Lipinski definition) is 2. The third-order valence-electron chi connectivity index (χ3n) is 3.54. The minimum absolute atomic E-state index is 0.878. The van der Waals surface area contributed by atoms with Gasteiger partial charge in [0.15, 0.2) is 5.82 Å². The molecule has 0 amide bonds. The van der Waals surface area contributed by atoms with Crippen molar-refractivity contribution in [3.63, 3.8) is 0 Å². The van der Waals surface area contributed by atoms with Crippen molar-refractivity contribution in [2.45, 2.75) is 20.8 Å². The quantitative estimate of drug-likeness (QED) is 0.715. The third-order valence-corrected chi connectivity index (χ3v) is 3.54. The molecule has 2 N–H and O–H groups in total. The Morgan fingerprint density at radius 1 is 1.05 bits per heavy atom. The van der Waals surface area contributed by atoms with E-state index in [0.29, 0.717) is 0 Å². The molecule has 19 heavy (non-hydrogen) atoms. The van der Waals surface area contributed by atoms with Gasteiger partial charge in [-0.3, -0.25) is 5.10 Å². The number of nitrogens with one attached hydrogen (secondary N) is 2. The van der Waals surface area contributed by atoms with Crippen molar-refractivity contribution >= 4 is 22.4 Å². The lowest BCUT2D eigenvalue weighted by atomic mass is 10.0. The minimum Gasteiger partial charge on any atom is -0.338 e. The predicted octanol–water partition coefficient (Wildman–Crippen LogP) is 4.23. The monoisotopic (exact) mass is 251 g/mol. The van der Waals surface area contributed by atoms with Crippen LogP contribution in [0.4, 0.5) is 11.5 Å². The second-order valence-electron chi connectivity index (χ2n) is 5.00. The molecular weight excluding hydrogens is 234 g/mol. The zero-order chi connectivity index (χ0) is 13.4. The summed E-state index contributed by atoms with van der Waals surface area (Å²) in [6, 6.07) is 12.5. The Bertz CT molecular complexity index is 741. The van der Waals surface area contributed by atoms with Crippen LogP contribution in [0.2, 0.25) is 0 Å². The molecule has 3 heteroatoms. The molecule has 0 atom stereocenters. The lowest BCUT2D eigenvalue weighted by Crippen LogP contribution is -1.96. The standard InChI is InChI=1S/C16H17N3/c1-10-8-11(2)12(3)15(9-10)17-16-13-6-4-5-7-14(13)18-19-16/h4-9H,1-3H3,(H2,17,18,19). The first-order valence-corrected chi connectivity index (χ1v) is 6.43. The number of hydrogen-bond donors (Lipinski definition) is 2. The molecule has 96 valence electrons. The zero-order valence-corrected chi connectivity index (χ0v) is 11.4. The van der Waals surface area contributed by atoms with Gasteiger partial charge in [-0.25, -0.2) is 0 Å². The van der Waals surface area contributed by atoms with Crippen molar-refractivity contribution in [3.8, 4) is 0 Å². The molecule has 3 nitrogen and oxygen atoms in total. The third kappa shape index (κ3) is 2.08. The number of aromatic amines is 1. The predicted molar refractivity (Wildman–Crippen MR) is 80.0 cm³/mol. The molecule has 0 radical (unpaired) electrons. The molecule has 0 unspecified atom stereocenters. The number of rotatable bonds is 2. The maximum atomic E-state index is 4.35. The average Bonchev–Trinajstić information content (AvgIpc) is 2.79. The van der Waals surface area contributed by atoms with Crippen molar-refractivity contribution in [2.75, 3.05) is 5.32 Å². The number of anilines is 2. The van der Waals surface area contributed by atoms with Gasteiger partial charge in [-0.1, -0.05) is 18.2 Å². The molecule has 1 heterocycles. The van der Waals surface area contributed by atoms with Gasteiger partial charge in [-0.2, -0.15) is 5.10 Å². The summed E-state index contributed by atoms with van der Waals surface area (Å²) in [4.78, 5) is 0. The number of nitrogens with zero attached hydrogens (tertiary/aromatic N) is 1. The summed E-state index contributed by atoms with van der Waals surface area (Å²) in [6.07, 6.45) is 0. The Hall–Kier alpha value is -2.29. The van der Waals surface area contributed by atoms with E-state index in [4.69, 9.17) is 0 Å². The number of benzene rings is 2. The van der Waals surface area contributed by atoms with E-state index in [1.54, 1.807) is 0 Å². The second kappa shape index (κ2) is 4.43. The molecule has 0 aliphatic rings. The van der Waals surface area contributed by atoms with Crippen LogP contribution in [0.5, 0.6) is 0 Å². The fourth-order valence-corrected chi connectivity index (χ4v) is 2.36. The van der Waals surface area contributed by atoms with Crippen LogP contribution < -0.4 is 5.32 Å². The average molecular weight is 251 g/mol. The van der Waals surface area contributed by atoms with Crippen LogP contribution in [0.3, 0.4) is 0 Å². The highest BCUT2D eigenvalue weighted by Crippen LogP contribution is 2.27. The van der Waals surface area contributed by atoms with Gasteiger partial charge in [0.05, 0.1) is 5.52 Å². The van der Waals surface area contributed by atoms with Crippen molar-refractivity contribution in [1.29, 1.82) is 0 Å². The summed E-state index contributed by atoms with van der Waals surface area (Å²) in [5, 5.41) is 11.9. The van der Waals surface area contributed by atoms with E-state index >= 15 is 0 Å². The number of aryl methyl sites for hydroxylation is 2. The van der Waals surface area contributed by atoms with Crippen molar-refractivity contribution in [2.24, 2.45) is 0 Å². The van der Waals surface area contributed by atoms with Crippen molar-refractivity contribution in [1.82, 2.24) is 10.2 Å². The zero-order valence-electron chi connectivity index (χ0n) is 11.4. The fourth-order valence-electron chi connectivity index (χ4n) is 2.36. The van der Waals surface area contributed by atoms with Gasteiger partial charge in [0.25, 0.3) is 0 Å². The van der Waals surface area contributed by atoms with Gasteiger partial charge in [0.1, 0.15) is 0 Å². The highest BCUT2D eigenvalue weighted by Gasteiger charge is 2.08. The largest absolute Gasteiger partial charge is 0.338 e. The molecule has 2 aromatic carbocycles. The summed E-state index contributed by atoms with van der Waals surface area (Å²) < 4.78 is 0. The van der Waals surface area contributed by atoms with Gasteiger partial charge in [0, 0.05) is 11.1 Å². The molecule has 3 aromatic rings. The first-order valence-electron chi connectivity index (χ1n) is 6.43. The highest BCUT2D eigenvalue weighted by molar-refractivity contribution is 5.91. The number of H-pyrrole nitrogens is 1. The number of aromatic nitrogens is 2. The van der Waals surface area contributed by atoms with Gasteiger partial charge in [-0.15, -0.1) is 0 Å². The van der Waals surface area contributed by atoms with E-state index in [9.17, 15) is 0 Å². The van der Waals surface area contributed by atoms with E-state index in [-0.39, 0.29) is 0 Å². The highest BCUT2D eigenvalue weighted by atomic mass is 15.2. The van der Waals surface area contributed by atoms with E-state index in [1.165, 1.54) is 16.7 Å². The smallest absolute Gasteiger partial charge is 0.160 e. The summed E-state index contributed by atoms with van der Waals surface area (Å²) in [7, 11) is 0. The molecule has 0 spiro atoms. The van der Waals surface area contributed by atoms with Crippen LogP contribution in [0.25, 0.3) is 10.9 Å². The fraction of sp³-hybridized carbons (Fsp3) is 0.188. The molecule has 1 aromatic heterocycles. The van der Waals surface area contributed by atoms with Gasteiger partial charge in [-0.05, 0) is 55.7 Å². The van der Waals surface area contributed by atoms with Gasteiger partial charge < -0.3 is 5.32 Å². The van der Waals surface area contributed by atoms with E-state index in [0.717, 1.165) is 22.4 Å². The summed E-state index contributed by atoms with van der Waals surface area (Å²) >= 11 is 0. The maximum Gasteiger partial charge on any atom is 0.160 e. The SMILES string of the molecule is Cc1cc(C)c(C)c(Nc2n[nH]c3ccccc23)c1. The first-order chi connectivity index (χ1) is 9.15. The first kappa shape index (κ1) is 11.8. The van der Waals surface area contributed by atoms with Crippen LogP contribution in [0.15, 0.2) is 36.4 Å². The Morgan fingerprint density at radius 3 is 2.68 bits per heavy atom. The van der Waals surface area contributed by atoms with Crippen LogP contribution in [0, 0.1) is 20.8 Å². The van der Waals surface area contributed by atoms with Crippen LogP contribution in [-0.2, 0) is 0 Å². The Balaban J connectivity index is 2.06. The molecule has 0 saturated heterocycles. The molecule has 3 rings (SSSR count). The maximum absolute atomic E-state index is 4.35.